The Balaban J connectivity index is 1.04. The third kappa shape index (κ3) is 3.88. The molecule has 0 fully saturated rings. The second-order valence-corrected chi connectivity index (χ2v) is 13.4. The summed E-state index contributed by atoms with van der Waals surface area (Å²) in [5, 5.41) is 4.53. The highest BCUT2D eigenvalue weighted by Gasteiger charge is 2.39. The molecule has 6 aromatic carbocycles. The average molecular weight is 615 g/mol. The summed E-state index contributed by atoms with van der Waals surface area (Å²) >= 11 is 0. The number of rotatable bonds is 3. The molecule has 0 spiro atoms. The Morgan fingerprint density at radius 1 is 0.500 bits per heavy atom. The molecule has 10 rings (SSSR count). The van der Waals surface area contributed by atoms with Gasteiger partial charge in [0.1, 0.15) is 11.2 Å². The monoisotopic (exact) mass is 614 g/mol. The van der Waals surface area contributed by atoms with Gasteiger partial charge in [-0.3, -0.25) is 4.98 Å². The van der Waals surface area contributed by atoms with Gasteiger partial charge in [0.15, 0.2) is 0 Å². The summed E-state index contributed by atoms with van der Waals surface area (Å²) in [6, 6.07) is 49.8. The van der Waals surface area contributed by atoms with Crippen LogP contribution >= 0.6 is 0 Å². The van der Waals surface area contributed by atoms with Gasteiger partial charge in [0, 0.05) is 49.8 Å². The number of fused-ring (bicyclic) bond motifs is 10. The third-order valence-corrected chi connectivity index (χ3v) is 10.3. The molecule has 3 heterocycles. The summed E-state index contributed by atoms with van der Waals surface area (Å²) in [5.74, 6) is 0. The molecule has 0 atom stereocenters. The predicted octanol–water partition coefficient (Wildman–Crippen LogP) is 12.0. The van der Waals surface area contributed by atoms with Crippen LogP contribution in [0.1, 0.15) is 25.0 Å². The summed E-state index contributed by atoms with van der Waals surface area (Å²) in [6.07, 6.45) is 1.84. The molecule has 0 amide bonds. The number of hydrogen-bond acceptors (Lipinski definition) is 3. The maximum Gasteiger partial charge on any atom is 0.143 e. The first-order valence-electron chi connectivity index (χ1n) is 16.5. The van der Waals surface area contributed by atoms with E-state index in [9.17, 15) is 0 Å². The van der Waals surface area contributed by atoms with E-state index < -0.39 is 0 Å². The Bertz CT molecular complexity index is 2740. The molecule has 3 nitrogen and oxygen atoms in total. The number of hydrogen-bond donors (Lipinski definition) is 0. The number of benzene rings is 6. The van der Waals surface area contributed by atoms with E-state index in [1.54, 1.807) is 0 Å². The normalized spacial score (nSPS) is 13.4. The fraction of sp³-hybridized carbons (Fsp3) is 0.0667. The molecule has 9 aromatic rings. The minimum Gasteiger partial charge on any atom is -0.455 e. The minimum absolute atomic E-state index is 0.229. The molecule has 3 aromatic heterocycles. The van der Waals surface area contributed by atoms with Crippen molar-refractivity contribution in [1.82, 2.24) is 9.97 Å². The maximum atomic E-state index is 6.86. The number of nitrogens with zero attached hydrogens (tertiary/aromatic N) is 2. The molecule has 48 heavy (non-hydrogen) atoms. The van der Waals surface area contributed by atoms with Crippen molar-refractivity contribution in [2.75, 3.05) is 0 Å². The summed E-state index contributed by atoms with van der Waals surface area (Å²) in [6.45, 7) is 4.67. The highest BCUT2D eigenvalue weighted by molar-refractivity contribution is 6.12. The number of para-hydroxylation sites is 1. The predicted molar refractivity (Wildman–Crippen MR) is 198 cm³/mol. The van der Waals surface area contributed by atoms with E-state index in [4.69, 9.17) is 9.40 Å². The van der Waals surface area contributed by atoms with Crippen molar-refractivity contribution in [3.8, 4) is 44.6 Å². The smallest absolute Gasteiger partial charge is 0.143 e. The van der Waals surface area contributed by atoms with E-state index in [0.29, 0.717) is 0 Å². The van der Waals surface area contributed by atoms with Crippen LogP contribution in [0.2, 0.25) is 0 Å². The van der Waals surface area contributed by atoms with Crippen molar-refractivity contribution in [2.45, 2.75) is 19.3 Å². The van der Waals surface area contributed by atoms with Crippen molar-refractivity contribution in [1.29, 1.82) is 0 Å². The van der Waals surface area contributed by atoms with Crippen LogP contribution in [0.25, 0.3) is 88.4 Å². The highest BCUT2D eigenvalue weighted by atomic mass is 16.3. The Morgan fingerprint density at radius 2 is 1.23 bits per heavy atom. The molecule has 0 saturated carbocycles. The quantitative estimate of drug-likeness (QED) is 0.186. The summed E-state index contributed by atoms with van der Waals surface area (Å²) in [4.78, 5) is 9.69. The molecule has 226 valence electrons. The van der Waals surface area contributed by atoms with Gasteiger partial charge in [-0.1, -0.05) is 129 Å². The lowest BCUT2D eigenvalue weighted by Gasteiger charge is -2.22. The molecule has 0 aliphatic heterocycles. The van der Waals surface area contributed by atoms with Gasteiger partial charge >= 0.3 is 0 Å². The highest BCUT2D eigenvalue weighted by Crippen LogP contribution is 2.53. The zero-order valence-electron chi connectivity index (χ0n) is 26.7. The fourth-order valence-corrected chi connectivity index (χ4v) is 7.88. The second kappa shape index (κ2) is 9.97. The van der Waals surface area contributed by atoms with E-state index in [1.807, 2.05) is 12.3 Å². The Labute approximate surface area is 278 Å². The summed E-state index contributed by atoms with van der Waals surface area (Å²) in [5.41, 5.74) is 15.4. The van der Waals surface area contributed by atoms with Gasteiger partial charge in [-0.25, -0.2) is 4.98 Å². The van der Waals surface area contributed by atoms with E-state index in [2.05, 4.69) is 152 Å². The van der Waals surface area contributed by atoms with Crippen molar-refractivity contribution < 1.29 is 4.42 Å². The lowest BCUT2D eigenvalue weighted by molar-refractivity contribution is 0.620. The number of furan rings is 1. The largest absolute Gasteiger partial charge is 0.455 e. The average Bonchev–Trinajstić information content (AvgIpc) is 3.63. The Morgan fingerprint density at radius 3 is 2.08 bits per heavy atom. The first kappa shape index (κ1) is 27.1. The van der Waals surface area contributed by atoms with E-state index in [-0.39, 0.29) is 5.41 Å². The van der Waals surface area contributed by atoms with E-state index in [1.165, 1.54) is 44.3 Å². The van der Waals surface area contributed by atoms with Gasteiger partial charge < -0.3 is 4.42 Å². The number of pyridine rings is 2. The van der Waals surface area contributed by atoms with Crippen molar-refractivity contribution in [2.24, 2.45) is 0 Å². The lowest BCUT2D eigenvalue weighted by Crippen LogP contribution is -2.15. The molecular formula is C45H30N2O. The molecule has 1 aliphatic rings. The van der Waals surface area contributed by atoms with E-state index >= 15 is 0 Å². The topological polar surface area (TPSA) is 38.9 Å². The van der Waals surface area contributed by atoms with Crippen LogP contribution < -0.4 is 0 Å². The van der Waals surface area contributed by atoms with Crippen molar-refractivity contribution in [3.05, 3.63) is 157 Å². The molecule has 0 saturated heterocycles. The van der Waals surface area contributed by atoms with Gasteiger partial charge in [-0.15, -0.1) is 0 Å². The van der Waals surface area contributed by atoms with Crippen LogP contribution in [0, 0.1) is 0 Å². The SMILES string of the molecule is CC1(C)c2cc(-c3ccc(-c4ccc5ccc6cccnc6c5n4)cc3)ccc2-c2ccc3c(oc4c(-c5ccccc5)cccc43)c21. The first-order valence-corrected chi connectivity index (χ1v) is 16.5. The van der Waals surface area contributed by atoms with Gasteiger partial charge in [-0.05, 0) is 57.6 Å². The zero-order valence-corrected chi connectivity index (χ0v) is 26.7. The van der Waals surface area contributed by atoms with Gasteiger partial charge in [-0.2, -0.15) is 0 Å². The second-order valence-electron chi connectivity index (χ2n) is 13.4. The zero-order chi connectivity index (χ0) is 32.0. The number of aromatic nitrogens is 2. The van der Waals surface area contributed by atoms with Crippen LogP contribution in [0.15, 0.2) is 150 Å². The third-order valence-electron chi connectivity index (χ3n) is 10.3. The molecule has 0 unspecified atom stereocenters. The van der Waals surface area contributed by atoms with Crippen LogP contribution in [-0.2, 0) is 5.41 Å². The van der Waals surface area contributed by atoms with Crippen molar-refractivity contribution in [3.63, 3.8) is 0 Å². The van der Waals surface area contributed by atoms with Gasteiger partial charge in [0.2, 0.25) is 0 Å². The molecule has 1 aliphatic carbocycles. The lowest BCUT2D eigenvalue weighted by atomic mass is 9.81. The molecule has 0 bridgehead atoms. The summed E-state index contributed by atoms with van der Waals surface area (Å²) in [7, 11) is 0. The fourth-order valence-electron chi connectivity index (χ4n) is 7.88. The summed E-state index contributed by atoms with van der Waals surface area (Å²) < 4.78 is 6.86. The Kier molecular flexibility index (Phi) is 5.63. The van der Waals surface area contributed by atoms with Crippen LogP contribution in [-0.4, -0.2) is 9.97 Å². The van der Waals surface area contributed by atoms with Crippen LogP contribution in [0.4, 0.5) is 0 Å². The first-order chi connectivity index (χ1) is 23.5. The van der Waals surface area contributed by atoms with Gasteiger partial charge in [0.05, 0.1) is 16.7 Å². The molecule has 0 N–H and O–H groups in total. The molecule has 0 radical (unpaired) electrons. The van der Waals surface area contributed by atoms with Crippen LogP contribution in [0.3, 0.4) is 0 Å². The Hall–Kier alpha value is -6.06. The van der Waals surface area contributed by atoms with Gasteiger partial charge in [0.25, 0.3) is 0 Å². The maximum absolute atomic E-state index is 6.86. The van der Waals surface area contributed by atoms with Crippen LogP contribution in [0.5, 0.6) is 0 Å². The molecular weight excluding hydrogens is 585 g/mol. The van der Waals surface area contributed by atoms with E-state index in [0.717, 1.165) is 55.2 Å². The van der Waals surface area contributed by atoms with Crippen molar-refractivity contribution >= 4 is 43.7 Å². The minimum atomic E-state index is -0.229. The molecule has 3 heteroatoms. The standard InChI is InChI=1S/C45H30N2O/c1-45(2)38-26-32(27-13-15-29(16-14-27)39-24-20-31-18-17-30-10-7-25-46-41(30)42(31)47-39)19-21-34(38)35-22-23-37-36-12-6-11-33(28-8-4-3-5-9-28)43(36)48-44(37)40(35)45/h3-26H,1-2H3.